The summed E-state index contributed by atoms with van der Waals surface area (Å²) < 4.78 is 7.83. The third kappa shape index (κ3) is 3.41. The zero-order valence-corrected chi connectivity index (χ0v) is 12.5. The van der Waals surface area contributed by atoms with Crippen LogP contribution in [0.4, 0.5) is 0 Å². The molecule has 1 atom stereocenters. The Morgan fingerprint density at radius 3 is 3.11 bits per heavy atom. The molecule has 102 valence electrons. The van der Waals surface area contributed by atoms with Gasteiger partial charge in [0.1, 0.15) is 0 Å². The van der Waals surface area contributed by atoms with Gasteiger partial charge >= 0.3 is 0 Å². The van der Waals surface area contributed by atoms with Gasteiger partial charge in [0.05, 0.1) is 30.5 Å². The number of nitrogens with zero attached hydrogens (tertiary/aromatic N) is 3. The van der Waals surface area contributed by atoms with Crippen LogP contribution in [-0.2, 0) is 17.7 Å². The van der Waals surface area contributed by atoms with Crippen molar-refractivity contribution in [2.24, 2.45) is 7.05 Å². The van der Waals surface area contributed by atoms with Crippen molar-refractivity contribution in [3.8, 4) is 0 Å². The van der Waals surface area contributed by atoms with Gasteiger partial charge in [0.25, 0.3) is 0 Å². The van der Waals surface area contributed by atoms with Gasteiger partial charge in [-0.05, 0) is 6.54 Å². The molecule has 1 fully saturated rings. The quantitative estimate of drug-likeness (QED) is 0.612. The summed E-state index contributed by atoms with van der Waals surface area (Å²) in [5.41, 5.74) is 1.05. The summed E-state index contributed by atoms with van der Waals surface area (Å²) in [6, 6.07) is 0. The van der Waals surface area contributed by atoms with Gasteiger partial charge in [-0.1, -0.05) is 18.7 Å². The van der Waals surface area contributed by atoms with Crippen molar-refractivity contribution in [3.05, 3.63) is 11.9 Å². The van der Waals surface area contributed by atoms with Crippen LogP contribution in [0.1, 0.15) is 12.6 Å². The smallest absolute Gasteiger partial charge is 0.168 e. The number of hydrogen-bond donors (Lipinski definition) is 0. The lowest BCUT2D eigenvalue weighted by Crippen LogP contribution is -2.43. The molecule has 2 heterocycles. The third-order valence-electron chi connectivity index (χ3n) is 3.25. The van der Waals surface area contributed by atoms with Gasteiger partial charge in [-0.25, -0.2) is 4.98 Å². The number of alkyl halides is 1. The van der Waals surface area contributed by atoms with E-state index < -0.39 is 0 Å². The molecule has 2 rings (SSSR count). The molecule has 0 saturated carbocycles. The molecular formula is C12H20ClN3OS. The van der Waals surface area contributed by atoms with Gasteiger partial charge in [-0.2, -0.15) is 0 Å². The Balaban J connectivity index is 1.85. The Morgan fingerprint density at radius 1 is 1.61 bits per heavy atom. The lowest BCUT2D eigenvalue weighted by Gasteiger charge is -2.31. The van der Waals surface area contributed by atoms with Crippen molar-refractivity contribution in [3.63, 3.8) is 0 Å². The van der Waals surface area contributed by atoms with Crippen molar-refractivity contribution in [1.29, 1.82) is 0 Å². The van der Waals surface area contributed by atoms with Gasteiger partial charge in [0.15, 0.2) is 5.16 Å². The number of halogens is 1. The molecule has 0 aromatic carbocycles. The molecule has 1 aliphatic heterocycles. The molecule has 1 saturated heterocycles. The predicted octanol–water partition coefficient (Wildman–Crippen LogP) is 1.97. The first kappa shape index (κ1) is 14.2. The van der Waals surface area contributed by atoms with Gasteiger partial charge in [-0.15, -0.1) is 11.6 Å². The van der Waals surface area contributed by atoms with Crippen LogP contribution in [0.5, 0.6) is 0 Å². The minimum atomic E-state index is 0.305. The summed E-state index contributed by atoms with van der Waals surface area (Å²) in [7, 11) is 2.01. The molecule has 1 unspecified atom stereocenters. The molecule has 0 spiro atoms. The Bertz CT molecular complexity index is 385. The molecule has 1 aliphatic rings. The molecule has 1 aromatic heterocycles. The SMILES string of the molecule is CCN1CCOC(CSc2ncc(CCl)n2C)C1. The molecule has 0 amide bonds. The maximum absolute atomic E-state index is 5.83. The predicted molar refractivity (Wildman–Crippen MR) is 75.3 cm³/mol. The summed E-state index contributed by atoms with van der Waals surface area (Å²) in [4.78, 5) is 6.81. The molecule has 0 radical (unpaired) electrons. The fourth-order valence-electron chi connectivity index (χ4n) is 2.02. The molecule has 1 aromatic rings. The van der Waals surface area contributed by atoms with E-state index in [1.807, 2.05) is 13.2 Å². The first-order chi connectivity index (χ1) is 8.74. The van der Waals surface area contributed by atoms with Gasteiger partial charge in [-0.3, -0.25) is 4.90 Å². The maximum atomic E-state index is 5.83. The Hall–Kier alpha value is -0.230. The summed E-state index contributed by atoms with van der Waals surface area (Å²) in [6.07, 6.45) is 2.15. The number of morpholine rings is 1. The van der Waals surface area contributed by atoms with Crippen LogP contribution in [0, 0.1) is 0 Å². The molecular weight excluding hydrogens is 270 g/mol. The number of ether oxygens (including phenoxy) is 1. The highest BCUT2D eigenvalue weighted by Gasteiger charge is 2.20. The number of imidazole rings is 1. The summed E-state index contributed by atoms with van der Waals surface area (Å²) in [5, 5.41) is 1.02. The van der Waals surface area contributed by atoms with E-state index in [-0.39, 0.29) is 0 Å². The van der Waals surface area contributed by atoms with Crippen molar-refractivity contribution in [2.45, 2.75) is 24.1 Å². The fraction of sp³-hybridized carbons (Fsp3) is 0.750. The van der Waals surface area contributed by atoms with Crippen LogP contribution in [0.3, 0.4) is 0 Å². The Kier molecular flexibility index (Phi) is 5.36. The lowest BCUT2D eigenvalue weighted by atomic mass is 10.3. The first-order valence-corrected chi connectivity index (χ1v) is 7.80. The Morgan fingerprint density at radius 2 is 2.44 bits per heavy atom. The second-order valence-corrected chi connectivity index (χ2v) is 5.68. The van der Waals surface area contributed by atoms with E-state index in [0.29, 0.717) is 12.0 Å². The highest BCUT2D eigenvalue weighted by molar-refractivity contribution is 7.99. The minimum Gasteiger partial charge on any atom is -0.375 e. The molecule has 0 bridgehead atoms. The molecule has 4 nitrogen and oxygen atoms in total. The molecule has 18 heavy (non-hydrogen) atoms. The van der Waals surface area contributed by atoms with Crippen molar-refractivity contribution in [2.75, 3.05) is 32.0 Å². The van der Waals surface area contributed by atoms with E-state index in [9.17, 15) is 0 Å². The monoisotopic (exact) mass is 289 g/mol. The fourth-order valence-corrected chi connectivity index (χ4v) is 3.24. The van der Waals surface area contributed by atoms with Crippen LogP contribution < -0.4 is 0 Å². The van der Waals surface area contributed by atoms with Gasteiger partial charge in [0, 0.05) is 25.9 Å². The molecule has 0 aliphatic carbocycles. The van der Waals surface area contributed by atoms with Crippen molar-refractivity contribution < 1.29 is 4.74 Å². The number of rotatable bonds is 5. The number of aromatic nitrogens is 2. The second kappa shape index (κ2) is 6.80. The lowest BCUT2D eigenvalue weighted by molar-refractivity contribution is -0.0137. The van der Waals surface area contributed by atoms with Crippen LogP contribution >= 0.6 is 23.4 Å². The average Bonchev–Trinajstić information content (AvgIpc) is 2.77. The second-order valence-electron chi connectivity index (χ2n) is 4.42. The van der Waals surface area contributed by atoms with Crippen LogP contribution in [-0.4, -0.2) is 52.5 Å². The topological polar surface area (TPSA) is 30.3 Å². The maximum Gasteiger partial charge on any atom is 0.168 e. The van der Waals surface area contributed by atoms with Crippen LogP contribution in [0.2, 0.25) is 0 Å². The van der Waals surface area contributed by atoms with Crippen LogP contribution in [0.15, 0.2) is 11.4 Å². The summed E-state index contributed by atoms with van der Waals surface area (Å²) >= 11 is 7.57. The molecule has 6 heteroatoms. The largest absolute Gasteiger partial charge is 0.375 e. The van der Waals surface area contributed by atoms with Gasteiger partial charge in [0.2, 0.25) is 0 Å². The van der Waals surface area contributed by atoms with E-state index in [1.165, 1.54) is 0 Å². The summed E-state index contributed by atoms with van der Waals surface area (Å²) in [5.74, 6) is 1.46. The molecule has 0 N–H and O–H groups in total. The normalized spacial score (nSPS) is 21.4. The van der Waals surface area contributed by atoms with E-state index in [0.717, 1.165) is 42.8 Å². The van der Waals surface area contributed by atoms with E-state index in [2.05, 4.69) is 21.4 Å². The average molecular weight is 290 g/mol. The summed E-state index contributed by atoms with van der Waals surface area (Å²) in [6.45, 7) is 6.21. The highest BCUT2D eigenvalue weighted by atomic mass is 35.5. The number of thioether (sulfide) groups is 1. The van der Waals surface area contributed by atoms with Crippen molar-refractivity contribution >= 4 is 23.4 Å². The van der Waals surface area contributed by atoms with E-state index in [1.54, 1.807) is 11.8 Å². The zero-order chi connectivity index (χ0) is 13.0. The minimum absolute atomic E-state index is 0.305. The zero-order valence-electron chi connectivity index (χ0n) is 10.9. The van der Waals surface area contributed by atoms with E-state index in [4.69, 9.17) is 16.3 Å². The van der Waals surface area contributed by atoms with Crippen LogP contribution in [0.25, 0.3) is 0 Å². The van der Waals surface area contributed by atoms with E-state index >= 15 is 0 Å². The number of likely N-dealkylation sites (N-methyl/N-ethyl adjacent to an activating group) is 1. The number of hydrogen-bond acceptors (Lipinski definition) is 4. The Labute approximate surface area is 118 Å². The van der Waals surface area contributed by atoms with Gasteiger partial charge < -0.3 is 9.30 Å². The standard InChI is InChI=1S/C12H20ClN3OS/c1-3-16-4-5-17-11(8-16)9-18-12-14-7-10(6-13)15(12)2/h7,11H,3-6,8-9H2,1-2H3. The first-order valence-electron chi connectivity index (χ1n) is 6.28. The third-order valence-corrected chi connectivity index (χ3v) is 4.70. The highest BCUT2D eigenvalue weighted by Crippen LogP contribution is 2.21. The van der Waals surface area contributed by atoms with Crippen molar-refractivity contribution in [1.82, 2.24) is 14.5 Å².